The van der Waals surface area contributed by atoms with Gasteiger partial charge in [0.05, 0.1) is 42.7 Å². The average molecular weight is 647 g/mol. The van der Waals surface area contributed by atoms with Gasteiger partial charge in [-0.25, -0.2) is 4.79 Å². The van der Waals surface area contributed by atoms with E-state index in [4.69, 9.17) is 14.2 Å². The maximum atomic E-state index is 13.9. The molecule has 1 aromatic rings. The van der Waals surface area contributed by atoms with Crippen molar-refractivity contribution in [3.8, 4) is 5.75 Å². The number of aryl methyl sites for hydroxylation is 1. The van der Waals surface area contributed by atoms with Crippen molar-refractivity contribution in [1.82, 2.24) is 0 Å². The average Bonchev–Trinajstić information content (AvgIpc) is 3.39. The fourth-order valence-electron chi connectivity index (χ4n) is 7.84. The molecular weight excluding hydrogens is 588 g/mol. The van der Waals surface area contributed by atoms with Crippen molar-refractivity contribution in [2.24, 2.45) is 23.7 Å². The molecule has 2 heterocycles. The lowest BCUT2D eigenvalue weighted by Gasteiger charge is -2.47. The molecule has 0 saturated carbocycles. The third-order valence-electron chi connectivity index (χ3n) is 11.2. The minimum Gasteiger partial charge on any atom is -0.507 e. The Morgan fingerprint density at radius 2 is 1.78 bits per heavy atom. The van der Waals surface area contributed by atoms with Crippen LogP contribution in [0, 0.1) is 30.6 Å². The van der Waals surface area contributed by atoms with Crippen LogP contribution < -0.4 is 0 Å². The number of esters is 1. The van der Waals surface area contributed by atoms with Crippen LogP contribution in [0.2, 0.25) is 0 Å². The van der Waals surface area contributed by atoms with E-state index in [2.05, 4.69) is 13.8 Å². The number of phenolic OH excluding ortho intramolecular Hbond substituents is 1. The van der Waals surface area contributed by atoms with Crippen LogP contribution in [0.1, 0.15) is 133 Å². The summed E-state index contributed by atoms with van der Waals surface area (Å²) < 4.78 is 18.0. The van der Waals surface area contributed by atoms with Gasteiger partial charge < -0.3 is 29.5 Å². The Balaban J connectivity index is 1.63. The fraction of sp³-hybridized carbons (Fsp3) is 0.757. The van der Waals surface area contributed by atoms with Crippen LogP contribution in [-0.4, -0.2) is 75.6 Å². The Morgan fingerprint density at radius 1 is 1.11 bits per heavy atom. The van der Waals surface area contributed by atoms with Crippen LogP contribution in [0.4, 0.5) is 0 Å². The normalized spacial score (nSPS) is 30.8. The summed E-state index contributed by atoms with van der Waals surface area (Å²) in [6.07, 6.45) is 3.54. The summed E-state index contributed by atoms with van der Waals surface area (Å²) in [7, 11) is 1.20. The fourth-order valence-corrected chi connectivity index (χ4v) is 7.84. The second-order valence-corrected chi connectivity index (χ2v) is 14.1. The van der Waals surface area contributed by atoms with Gasteiger partial charge in [0.25, 0.3) is 0 Å². The lowest BCUT2D eigenvalue weighted by molar-refractivity contribution is -0.229. The van der Waals surface area contributed by atoms with E-state index in [1.807, 2.05) is 27.7 Å². The van der Waals surface area contributed by atoms with E-state index in [9.17, 15) is 29.7 Å². The Labute approximate surface area is 275 Å². The summed E-state index contributed by atoms with van der Waals surface area (Å²) in [5.41, 5.74) is -0.905. The first kappa shape index (κ1) is 38.1. The summed E-state index contributed by atoms with van der Waals surface area (Å²) >= 11 is 0. The molecule has 2 aliphatic rings. The van der Waals surface area contributed by atoms with Gasteiger partial charge in [-0.3, -0.25) is 9.59 Å². The first-order valence-corrected chi connectivity index (χ1v) is 17.3. The zero-order valence-corrected chi connectivity index (χ0v) is 29.4. The van der Waals surface area contributed by atoms with E-state index in [1.165, 1.54) is 13.2 Å². The summed E-state index contributed by atoms with van der Waals surface area (Å²) in [6, 6.07) is 3.12. The van der Waals surface area contributed by atoms with Crippen molar-refractivity contribution >= 4 is 17.5 Å². The zero-order valence-electron chi connectivity index (χ0n) is 29.4. The second-order valence-electron chi connectivity index (χ2n) is 14.1. The molecule has 0 aliphatic carbocycles. The van der Waals surface area contributed by atoms with Crippen LogP contribution in [0.25, 0.3) is 0 Å². The lowest BCUT2D eigenvalue weighted by atomic mass is 9.76. The van der Waals surface area contributed by atoms with Gasteiger partial charge in [-0.05, 0) is 88.7 Å². The minimum atomic E-state index is -0.896. The molecule has 9 heteroatoms. The van der Waals surface area contributed by atoms with E-state index >= 15 is 0 Å². The molecule has 0 radical (unpaired) electrons. The topological polar surface area (TPSA) is 140 Å². The molecule has 3 N–H and O–H groups in total. The summed E-state index contributed by atoms with van der Waals surface area (Å²) in [5, 5.41) is 32.6. The molecule has 3 rings (SSSR count). The Kier molecular flexibility index (Phi) is 13.0. The molecule has 260 valence electrons. The number of methoxy groups -OCH3 is 1. The Morgan fingerprint density at radius 3 is 2.35 bits per heavy atom. The Hall–Kier alpha value is -2.33. The number of hydrogen-bond acceptors (Lipinski definition) is 9. The Bertz CT molecular complexity index is 1230. The van der Waals surface area contributed by atoms with Crippen LogP contribution in [0.15, 0.2) is 12.1 Å². The van der Waals surface area contributed by atoms with Gasteiger partial charge in [-0.15, -0.1) is 0 Å². The van der Waals surface area contributed by atoms with Crippen molar-refractivity contribution in [3.05, 3.63) is 28.8 Å². The van der Waals surface area contributed by atoms with Crippen molar-refractivity contribution < 1.29 is 43.9 Å². The monoisotopic (exact) mass is 646 g/mol. The number of aliphatic hydroxyl groups excluding tert-OH is 1. The number of ether oxygens (including phenoxy) is 3. The standard InChI is InChI=1S/C37H58O9/c1-10-26(34-23(6)20-37(12-3,46-34)29-18-19-36(43,11-2)25(8)45-29)33(41)24(7)31(39)21(4)14-13-15-28(38)27-17-16-22(5)32(40)30(27)35(42)44-9/h16-17,21,23-26,29,31,34,39-40,43H,10-15,18-20H2,1-9H3. The van der Waals surface area contributed by atoms with Gasteiger partial charge in [0.1, 0.15) is 17.1 Å². The van der Waals surface area contributed by atoms with E-state index in [0.29, 0.717) is 44.1 Å². The maximum Gasteiger partial charge on any atom is 0.342 e. The predicted octanol–water partition coefficient (Wildman–Crippen LogP) is 6.35. The lowest BCUT2D eigenvalue weighted by Crippen LogP contribution is -2.55. The van der Waals surface area contributed by atoms with Crippen molar-refractivity contribution in [1.29, 1.82) is 0 Å². The van der Waals surface area contributed by atoms with E-state index < -0.39 is 29.2 Å². The van der Waals surface area contributed by atoms with E-state index in [0.717, 1.165) is 12.8 Å². The largest absolute Gasteiger partial charge is 0.507 e. The predicted molar refractivity (Wildman–Crippen MR) is 176 cm³/mol. The number of Topliss-reactive ketones (excluding diaryl/α,β-unsaturated/α-hetero) is 2. The minimum absolute atomic E-state index is 0.0159. The highest BCUT2D eigenvalue weighted by atomic mass is 16.6. The molecule has 0 amide bonds. The SMILES string of the molecule is CCC(C(=O)C(C)C(O)C(C)CCCC(=O)c1ccc(C)c(O)c1C(=O)OC)C1OC(CC)(C2CCC(O)(CC)C(C)O2)CC1C. The number of aromatic hydroxyl groups is 1. The summed E-state index contributed by atoms with van der Waals surface area (Å²) in [6.45, 7) is 15.4. The van der Waals surface area contributed by atoms with Gasteiger partial charge in [0.15, 0.2) is 5.78 Å². The highest BCUT2D eigenvalue weighted by molar-refractivity contribution is 6.08. The number of phenols is 1. The first-order valence-electron chi connectivity index (χ1n) is 17.3. The number of hydrogen-bond donors (Lipinski definition) is 3. The van der Waals surface area contributed by atoms with Gasteiger partial charge in [0.2, 0.25) is 0 Å². The van der Waals surface area contributed by atoms with Gasteiger partial charge in [-0.1, -0.05) is 47.6 Å². The highest BCUT2D eigenvalue weighted by Crippen LogP contribution is 2.48. The number of rotatable bonds is 15. The second kappa shape index (κ2) is 15.7. The number of carbonyl (C=O) groups is 3. The zero-order chi connectivity index (χ0) is 34.6. The van der Waals surface area contributed by atoms with Crippen LogP contribution in [-0.2, 0) is 19.0 Å². The van der Waals surface area contributed by atoms with Crippen molar-refractivity contribution in [2.75, 3.05) is 7.11 Å². The third kappa shape index (κ3) is 7.69. The molecule has 0 spiro atoms. The van der Waals surface area contributed by atoms with Crippen LogP contribution in [0.5, 0.6) is 5.75 Å². The van der Waals surface area contributed by atoms with E-state index in [1.54, 1.807) is 19.9 Å². The number of carbonyl (C=O) groups excluding carboxylic acids is 3. The molecular formula is C37H58O9. The molecule has 46 heavy (non-hydrogen) atoms. The number of ketones is 2. The van der Waals surface area contributed by atoms with Gasteiger partial charge in [0, 0.05) is 23.8 Å². The molecule has 10 unspecified atom stereocenters. The van der Waals surface area contributed by atoms with E-state index in [-0.39, 0.29) is 70.9 Å². The van der Waals surface area contributed by atoms with Gasteiger partial charge >= 0.3 is 5.97 Å². The molecule has 2 aliphatic heterocycles. The number of benzene rings is 1. The first-order chi connectivity index (χ1) is 21.6. The van der Waals surface area contributed by atoms with Crippen molar-refractivity contribution in [2.45, 2.75) is 149 Å². The summed E-state index contributed by atoms with van der Waals surface area (Å²) in [5.74, 6) is -2.46. The van der Waals surface area contributed by atoms with Gasteiger partial charge in [-0.2, -0.15) is 0 Å². The molecule has 0 aromatic heterocycles. The quantitative estimate of drug-likeness (QED) is 0.147. The molecule has 9 nitrogen and oxygen atoms in total. The van der Waals surface area contributed by atoms with Crippen LogP contribution >= 0.6 is 0 Å². The summed E-state index contributed by atoms with van der Waals surface area (Å²) in [4.78, 5) is 39.2. The molecule has 10 atom stereocenters. The maximum absolute atomic E-state index is 13.9. The van der Waals surface area contributed by atoms with Crippen LogP contribution in [0.3, 0.4) is 0 Å². The molecule has 0 bridgehead atoms. The highest BCUT2D eigenvalue weighted by Gasteiger charge is 2.55. The smallest absolute Gasteiger partial charge is 0.342 e. The third-order valence-corrected chi connectivity index (χ3v) is 11.2. The molecule has 2 fully saturated rings. The van der Waals surface area contributed by atoms with Crippen molar-refractivity contribution in [3.63, 3.8) is 0 Å². The molecule has 1 aromatic carbocycles. The number of aliphatic hydroxyl groups is 2. The molecule has 2 saturated heterocycles.